The van der Waals surface area contributed by atoms with E-state index in [1.165, 1.54) is 0 Å². The van der Waals surface area contributed by atoms with Gasteiger partial charge < -0.3 is 21.2 Å². The van der Waals surface area contributed by atoms with Crippen LogP contribution in [0.25, 0.3) is 0 Å². The Hall–Kier alpha value is -0.810. The molecule has 0 aromatic heterocycles. The molecule has 4 N–H and O–H groups in total. The fourth-order valence-corrected chi connectivity index (χ4v) is 1.45. The lowest BCUT2D eigenvalue weighted by atomic mass is 9.88. The van der Waals surface area contributed by atoms with Gasteiger partial charge in [-0.05, 0) is 47.0 Å². The van der Waals surface area contributed by atoms with E-state index in [1.54, 1.807) is 0 Å². The third-order valence-electron chi connectivity index (χ3n) is 3.05. The lowest BCUT2D eigenvalue weighted by Crippen LogP contribution is -2.37. The predicted molar refractivity (Wildman–Crippen MR) is 72.4 cm³/mol. The topological polar surface area (TPSA) is 73.9 Å². The zero-order chi connectivity index (χ0) is 13.5. The van der Waals surface area contributed by atoms with Gasteiger partial charge in [-0.15, -0.1) is 0 Å². The third kappa shape index (κ3) is 7.18. The van der Waals surface area contributed by atoms with Crippen molar-refractivity contribution in [2.75, 3.05) is 27.2 Å². The van der Waals surface area contributed by atoms with Crippen LogP contribution in [0.1, 0.15) is 33.6 Å². The highest BCUT2D eigenvalue weighted by Crippen LogP contribution is 2.19. The highest BCUT2D eigenvalue weighted by molar-refractivity contribution is 5.85. The molecule has 0 amide bonds. The van der Waals surface area contributed by atoms with Crippen LogP contribution in [0.15, 0.2) is 5.16 Å². The predicted octanol–water partition coefficient (Wildman–Crippen LogP) is 1.08. The largest absolute Gasteiger partial charge is 0.409 e. The lowest BCUT2D eigenvalue weighted by molar-refractivity contribution is 0.303. The molecule has 0 aliphatic heterocycles. The zero-order valence-electron chi connectivity index (χ0n) is 11.8. The Morgan fingerprint density at radius 3 is 2.53 bits per heavy atom. The standard InChI is InChI=1S/C12H28N4O/c1-10(6-9-16(4)5)14-8-7-12(2,3)11(13)15-17/h10,14,17H,6-9H2,1-5H3,(H2,13,15). The number of oxime groups is 1. The first-order valence-corrected chi connectivity index (χ1v) is 6.15. The van der Waals surface area contributed by atoms with E-state index in [-0.39, 0.29) is 5.41 Å². The van der Waals surface area contributed by atoms with Crippen molar-refractivity contribution >= 4 is 5.84 Å². The SMILES string of the molecule is CC(CCN(C)C)NCCC(C)(C)C(N)=NO. The average Bonchev–Trinajstić information content (AvgIpc) is 2.24. The molecule has 0 rings (SSSR count). The number of nitrogens with one attached hydrogen (secondary N) is 1. The maximum Gasteiger partial charge on any atom is 0.144 e. The summed E-state index contributed by atoms with van der Waals surface area (Å²) in [6, 6.07) is 0.487. The fraction of sp³-hybridized carbons (Fsp3) is 0.917. The van der Waals surface area contributed by atoms with Gasteiger partial charge in [0.2, 0.25) is 0 Å². The Kier molecular flexibility index (Phi) is 7.15. The second kappa shape index (κ2) is 7.50. The Bertz CT molecular complexity index is 239. The normalized spacial score (nSPS) is 15.3. The second-order valence-electron chi connectivity index (χ2n) is 5.57. The van der Waals surface area contributed by atoms with Crippen molar-refractivity contribution in [2.24, 2.45) is 16.3 Å². The minimum Gasteiger partial charge on any atom is -0.409 e. The number of hydrogen-bond acceptors (Lipinski definition) is 4. The molecule has 102 valence electrons. The smallest absolute Gasteiger partial charge is 0.144 e. The molecule has 0 saturated carbocycles. The van der Waals surface area contributed by atoms with Crippen molar-refractivity contribution in [1.82, 2.24) is 10.2 Å². The molecule has 0 heterocycles. The summed E-state index contributed by atoms with van der Waals surface area (Å²) in [5, 5.41) is 15.2. The van der Waals surface area contributed by atoms with E-state index >= 15 is 0 Å². The molecule has 0 spiro atoms. The molecule has 0 radical (unpaired) electrons. The Balaban J connectivity index is 3.83. The summed E-state index contributed by atoms with van der Waals surface area (Å²) in [5.41, 5.74) is 5.37. The van der Waals surface area contributed by atoms with Crippen LogP contribution in [0.4, 0.5) is 0 Å². The van der Waals surface area contributed by atoms with Crippen molar-refractivity contribution in [3.63, 3.8) is 0 Å². The monoisotopic (exact) mass is 244 g/mol. The van der Waals surface area contributed by atoms with Gasteiger partial charge >= 0.3 is 0 Å². The van der Waals surface area contributed by atoms with Crippen LogP contribution in [0.2, 0.25) is 0 Å². The zero-order valence-corrected chi connectivity index (χ0v) is 11.8. The second-order valence-corrected chi connectivity index (χ2v) is 5.57. The quantitative estimate of drug-likeness (QED) is 0.258. The van der Waals surface area contributed by atoms with Crippen LogP contribution < -0.4 is 11.1 Å². The Morgan fingerprint density at radius 1 is 1.47 bits per heavy atom. The van der Waals surface area contributed by atoms with E-state index in [2.05, 4.69) is 36.4 Å². The number of hydrogen-bond donors (Lipinski definition) is 3. The first-order valence-electron chi connectivity index (χ1n) is 6.15. The highest BCUT2D eigenvalue weighted by Gasteiger charge is 2.23. The molecule has 0 saturated heterocycles. The average molecular weight is 244 g/mol. The highest BCUT2D eigenvalue weighted by atomic mass is 16.4. The third-order valence-corrected chi connectivity index (χ3v) is 3.05. The van der Waals surface area contributed by atoms with Crippen LogP contribution in [0, 0.1) is 5.41 Å². The molecule has 1 unspecified atom stereocenters. The molecule has 0 aromatic rings. The number of amidine groups is 1. The van der Waals surface area contributed by atoms with Crippen molar-refractivity contribution < 1.29 is 5.21 Å². The van der Waals surface area contributed by atoms with E-state index in [9.17, 15) is 0 Å². The summed E-state index contributed by atoms with van der Waals surface area (Å²) < 4.78 is 0. The molecule has 0 aliphatic rings. The van der Waals surface area contributed by atoms with E-state index < -0.39 is 0 Å². The summed E-state index contributed by atoms with van der Waals surface area (Å²) in [6.45, 7) is 8.10. The maximum atomic E-state index is 8.66. The summed E-state index contributed by atoms with van der Waals surface area (Å²) in [4.78, 5) is 2.18. The first kappa shape index (κ1) is 16.2. The Labute approximate surface area is 105 Å². The summed E-state index contributed by atoms with van der Waals surface area (Å²) in [7, 11) is 4.16. The van der Waals surface area contributed by atoms with Gasteiger partial charge in [0, 0.05) is 11.5 Å². The van der Waals surface area contributed by atoms with Gasteiger partial charge in [0.1, 0.15) is 5.84 Å². The lowest BCUT2D eigenvalue weighted by Gasteiger charge is -2.24. The van der Waals surface area contributed by atoms with E-state index in [1.807, 2.05) is 13.8 Å². The summed E-state index contributed by atoms with van der Waals surface area (Å²) >= 11 is 0. The van der Waals surface area contributed by atoms with E-state index in [0.717, 1.165) is 25.9 Å². The minimum atomic E-state index is -0.261. The van der Waals surface area contributed by atoms with Gasteiger partial charge in [0.25, 0.3) is 0 Å². The van der Waals surface area contributed by atoms with Crippen molar-refractivity contribution in [1.29, 1.82) is 0 Å². The van der Waals surface area contributed by atoms with Gasteiger partial charge in [0.05, 0.1) is 0 Å². The van der Waals surface area contributed by atoms with Crippen LogP contribution >= 0.6 is 0 Å². The molecule has 17 heavy (non-hydrogen) atoms. The maximum absolute atomic E-state index is 8.66. The number of rotatable bonds is 8. The minimum absolute atomic E-state index is 0.261. The van der Waals surface area contributed by atoms with Gasteiger partial charge in [-0.3, -0.25) is 0 Å². The van der Waals surface area contributed by atoms with Gasteiger partial charge in [-0.1, -0.05) is 19.0 Å². The van der Waals surface area contributed by atoms with Crippen LogP contribution in [-0.4, -0.2) is 49.2 Å². The molecule has 0 aromatic carbocycles. The summed E-state index contributed by atoms with van der Waals surface area (Å²) in [6.07, 6.45) is 1.98. The van der Waals surface area contributed by atoms with Crippen LogP contribution in [0.3, 0.4) is 0 Å². The molecule has 5 heteroatoms. The van der Waals surface area contributed by atoms with E-state index in [4.69, 9.17) is 10.9 Å². The molecule has 5 nitrogen and oxygen atoms in total. The summed E-state index contributed by atoms with van der Waals surface area (Å²) in [5.74, 6) is 0.292. The molecular formula is C12H28N4O. The molecule has 0 aliphatic carbocycles. The van der Waals surface area contributed by atoms with E-state index in [0.29, 0.717) is 11.9 Å². The van der Waals surface area contributed by atoms with Crippen LogP contribution in [-0.2, 0) is 0 Å². The van der Waals surface area contributed by atoms with Crippen LogP contribution in [0.5, 0.6) is 0 Å². The molecule has 1 atom stereocenters. The van der Waals surface area contributed by atoms with Crippen molar-refractivity contribution in [3.05, 3.63) is 0 Å². The van der Waals surface area contributed by atoms with Crippen molar-refractivity contribution in [2.45, 2.75) is 39.7 Å². The fourth-order valence-electron chi connectivity index (χ4n) is 1.45. The van der Waals surface area contributed by atoms with Gasteiger partial charge in [-0.25, -0.2) is 0 Å². The molecule has 0 fully saturated rings. The molecule has 0 bridgehead atoms. The number of nitrogens with two attached hydrogens (primary N) is 1. The Morgan fingerprint density at radius 2 is 2.06 bits per heavy atom. The van der Waals surface area contributed by atoms with Gasteiger partial charge in [-0.2, -0.15) is 0 Å². The first-order chi connectivity index (χ1) is 7.79. The van der Waals surface area contributed by atoms with Gasteiger partial charge in [0.15, 0.2) is 0 Å². The number of nitrogens with zero attached hydrogens (tertiary/aromatic N) is 2. The van der Waals surface area contributed by atoms with Crippen molar-refractivity contribution in [3.8, 4) is 0 Å². The molecular weight excluding hydrogens is 216 g/mol.